The fourth-order valence-corrected chi connectivity index (χ4v) is 2.36. The molecule has 72 valence electrons. The van der Waals surface area contributed by atoms with Crippen molar-refractivity contribution in [2.75, 3.05) is 6.54 Å². The summed E-state index contributed by atoms with van der Waals surface area (Å²) in [5.41, 5.74) is 5.23. The highest BCUT2D eigenvalue weighted by atomic mass is 16.3. The molecule has 3 N–H and O–H groups in total. The lowest BCUT2D eigenvalue weighted by Crippen LogP contribution is -2.47. The lowest BCUT2D eigenvalue weighted by Gasteiger charge is -2.39. The van der Waals surface area contributed by atoms with E-state index in [9.17, 15) is 5.11 Å². The summed E-state index contributed by atoms with van der Waals surface area (Å²) in [4.78, 5) is 0. The minimum atomic E-state index is -0.526. The molecule has 1 atom stereocenters. The Morgan fingerprint density at radius 1 is 1.50 bits per heavy atom. The van der Waals surface area contributed by atoms with Crippen LogP contribution in [0.2, 0.25) is 0 Å². The zero-order valence-corrected chi connectivity index (χ0v) is 8.43. The maximum Gasteiger partial charge on any atom is 0.0735 e. The van der Waals surface area contributed by atoms with Crippen molar-refractivity contribution in [3.8, 4) is 0 Å². The van der Waals surface area contributed by atoms with Crippen LogP contribution in [0, 0.1) is 11.3 Å². The summed E-state index contributed by atoms with van der Waals surface area (Å²) >= 11 is 0. The smallest absolute Gasteiger partial charge is 0.0735 e. The largest absolute Gasteiger partial charge is 0.389 e. The van der Waals surface area contributed by atoms with E-state index in [0.717, 1.165) is 19.3 Å². The number of nitrogens with two attached hydrogens (primary N) is 1. The first kappa shape index (κ1) is 10.0. The molecule has 0 saturated heterocycles. The van der Waals surface area contributed by atoms with Crippen LogP contribution in [0.15, 0.2) is 0 Å². The molecule has 1 unspecified atom stereocenters. The van der Waals surface area contributed by atoms with Gasteiger partial charge in [-0.25, -0.2) is 0 Å². The van der Waals surface area contributed by atoms with Gasteiger partial charge in [0.1, 0.15) is 0 Å². The van der Waals surface area contributed by atoms with E-state index in [1.165, 1.54) is 0 Å². The maximum absolute atomic E-state index is 10.4. The molecular weight excluding hydrogens is 150 g/mol. The van der Waals surface area contributed by atoms with Gasteiger partial charge in [0, 0.05) is 12.0 Å². The third kappa shape index (κ3) is 1.17. The molecule has 0 amide bonds. The van der Waals surface area contributed by atoms with E-state index in [-0.39, 0.29) is 5.41 Å². The van der Waals surface area contributed by atoms with Crippen molar-refractivity contribution in [1.82, 2.24) is 0 Å². The fraction of sp³-hybridized carbons (Fsp3) is 1.00. The lowest BCUT2D eigenvalue weighted by molar-refractivity contribution is -0.0719. The number of aliphatic hydroxyl groups is 1. The Hall–Kier alpha value is -0.0800. The highest BCUT2D eigenvalue weighted by molar-refractivity contribution is 5.09. The molecule has 0 aromatic heterocycles. The molecule has 2 nitrogen and oxygen atoms in total. The van der Waals surface area contributed by atoms with Crippen LogP contribution < -0.4 is 5.73 Å². The molecule has 1 fully saturated rings. The van der Waals surface area contributed by atoms with Crippen LogP contribution in [0.4, 0.5) is 0 Å². The molecule has 1 aliphatic rings. The Bertz CT molecular complexity index is 163. The highest BCUT2D eigenvalue weighted by Gasteiger charge is 2.57. The second kappa shape index (κ2) is 3.00. The minimum Gasteiger partial charge on any atom is -0.389 e. The quantitative estimate of drug-likeness (QED) is 0.673. The molecule has 0 spiro atoms. The van der Waals surface area contributed by atoms with Crippen LogP contribution in [-0.2, 0) is 0 Å². The van der Waals surface area contributed by atoms with Crippen molar-refractivity contribution >= 4 is 0 Å². The topological polar surface area (TPSA) is 46.2 Å². The normalized spacial score (nSPS) is 25.5. The van der Waals surface area contributed by atoms with Gasteiger partial charge >= 0.3 is 0 Å². The predicted molar refractivity (Wildman–Crippen MR) is 50.8 cm³/mol. The van der Waals surface area contributed by atoms with Crippen molar-refractivity contribution in [2.45, 2.75) is 45.6 Å². The molecule has 0 aliphatic heterocycles. The van der Waals surface area contributed by atoms with E-state index in [2.05, 4.69) is 20.8 Å². The molecule has 1 aliphatic carbocycles. The summed E-state index contributed by atoms with van der Waals surface area (Å²) in [6, 6.07) is 0. The molecule has 0 bridgehead atoms. The summed E-state index contributed by atoms with van der Waals surface area (Å²) in [7, 11) is 0. The van der Waals surface area contributed by atoms with Gasteiger partial charge < -0.3 is 10.8 Å². The van der Waals surface area contributed by atoms with Gasteiger partial charge in [0.25, 0.3) is 0 Å². The van der Waals surface area contributed by atoms with E-state index < -0.39 is 5.60 Å². The fourth-order valence-electron chi connectivity index (χ4n) is 2.36. The molecule has 0 radical (unpaired) electrons. The molecule has 2 heteroatoms. The lowest BCUT2D eigenvalue weighted by atomic mass is 9.74. The Kier molecular flexibility index (Phi) is 2.50. The average molecular weight is 171 g/mol. The monoisotopic (exact) mass is 171 g/mol. The zero-order valence-electron chi connectivity index (χ0n) is 8.43. The Morgan fingerprint density at radius 3 is 2.08 bits per heavy atom. The average Bonchev–Trinajstić information content (AvgIpc) is 2.83. The van der Waals surface area contributed by atoms with E-state index >= 15 is 0 Å². The van der Waals surface area contributed by atoms with Gasteiger partial charge in [-0.15, -0.1) is 0 Å². The van der Waals surface area contributed by atoms with Crippen LogP contribution in [0.25, 0.3) is 0 Å². The summed E-state index contributed by atoms with van der Waals surface area (Å²) < 4.78 is 0. The number of hydrogen-bond acceptors (Lipinski definition) is 2. The predicted octanol–water partition coefficient (Wildman–Crippen LogP) is 1.52. The molecule has 0 aromatic rings. The van der Waals surface area contributed by atoms with Crippen molar-refractivity contribution < 1.29 is 5.11 Å². The Balaban J connectivity index is 2.79. The second-order valence-electron chi connectivity index (χ2n) is 4.42. The van der Waals surface area contributed by atoms with Gasteiger partial charge in [0.2, 0.25) is 0 Å². The number of hydrogen-bond donors (Lipinski definition) is 2. The van der Waals surface area contributed by atoms with Gasteiger partial charge in [-0.2, -0.15) is 0 Å². The summed E-state index contributed by atoms with van der Waals surface area (Å²) in [6.07, 6.45) is 3.03. The van der Waals surface area contributed by atoms with Gasteiger partial charge in [-0.1, -0.05) is 20.8 Å². The SMILES string of the molecule is CCC(O)(C(C)C)C1(CN)CC1. The standard InChI is InChI=1S/C10H21NO/c1-4-10(12,8(2)3)9(7-11)5-6-9/h8,12H,4-7,11H2,1-3H3. The van der Waals surface area contributed by atoms with E-state index in [0.29, 0.717) is 12.5 Å². The maximum atomic E-state index is 10.4. The zero-order chi connectivity index (χ0) is 9.41. The van der Waals surface area contributed by atoms with Crippen molar-refractivity contribution in [3.05, 3.63) is 0 Å². The second-order valence-corrected chi connectivity index (χ2v) is 4.42. The first-order valence-electron chi connectivity index (χ1n) is 4.95. The summed E-state index contributed by atoms with van der Waals surface area (Å²) in [5.74, 6) is 0.313. The van der Waals surface area contributed by atoms with Gasteiger partial charge in [0.05, 0.1) is 5.60 Å². The van der Waals surface area contributed by atoms with Crippen LogP contribution in [0.1, 0.15) is 40.0 Å². The molecule has 1 saturated carbocycles. The van der Waals surface area contributed by atoms with Crippen molar-refractivity contribution in [2.24, 2.45) is 17.1 Å². The van der Waals surface area contributed by atoms with Crippen LogP contribution in [-0.4, -0.2) is 17.3 Å². The van der Waals surface area contributed by atoms with Crippen LogP contribution in [0.3, 0.4) is 0 Å². The van der Waals surface area contributed by atoms with E-state index in [1.807, 2.05) is 0 Å². The van der Waals surface area contributed by atoms with Crippen LogP contribution >= 0.6 is 0 Å². The van der Waals surface area contributed by atoms with E-state index in [4.69, 9.17) is 5.73 Å². The molecule has 0 aromatic carbocycles. The third-order valence-corrected chi connectivity index (χ3v) is 3.66. The molecule has 1 rings (SSSR count). The van der Waals surface area contributed by atoms with Crippen molar-refractivity contribution in [3.63, 3.8) is 0 Å². The van der Waals surface area contributed by atoms with Gasteiger partial charge in [-0.3, -0.25) is 0 Å². The van der Waals surface area contributed by atoms with Gasteiger partial charge in [0.15, 0.2) is 0 Å². The molecule has 12 heavy (non-hydrogen) atoms. The first-order valence-corrected chi connectivity index (χ1v) is 4.95. The van der Waals surface area contributed by atoms with E-state index in [1.54, 1.807) is 0 Å². The van der Waals surface area contributed by atoms with Gasteiger partial charge in [-0.05, 0) is 25.2 Å². The molecular formula is C10H21NO. The summed E-state index contributed by atoms with van der Waals surface area (Å²) in [6.45, 7) is 6.85. The Morgan fingerprint density at radius 2 is 2.00 bits per heavy atom. The third-order valence-electron chi connectivity index (χ3n) is 3.66. The first-order chi connectivity index (χ1) is 5.52. The highest BCUT2D eigenvalue weighted by Crippen LogP contribution is 2.57. The van der Waals surface area contributed by atoms with Crippen LogP contribution in [0.5, 0.6) is 0 Å². The summed E-state index contributed by atoms with van der Waals surface area (Å²) in [5, 5.41) is 10.4. The molecule has 0 heterocycles. The number of rotatable bonds is 4. The minimum absolute atomic E-state index is 0.0515. The Labute approximate surface area is 75.2 Å². The van der Waals surface area contributed by atoms with Crippen molar-refractivity contribution in [1.29, 1.82) is 0 Å².